The topological polar surface area (TPSA) is 20.2 Å². The largest absolute Gasteiger partial charge is 0.387 e. The molecule has 0 saturated heterocycles. The summed E-state index contributed by atoms with van der Waals surface area (Å²) in [7, 11) is 0. The Hall–Kier alpha value is -0.470. The lowest BCUT2D eigenvalue weighted by molar-refractivity contribution is 0.141. The van der Waals surface area contributed by atoms with E-state index in [-0.39, 0.29) is 10.9 Å². The molecule has 1 aliphatic rings. The molecule has 1 unspecified atom stereocenters. The molecular weight excluding hydrogens is 192 g/mol. The summed E-state index contributed by atoms with van der Waals surface area (Å²) in [4.78, 5) is 0. The lowest BCUT2D eigenvalue weighted by Gasteiger charge is -2.36. The van der Waals surface area contributed by atoms with E-state index in [9.17, 15) is 5.11 Å². The molecule has 0 saturated carbocycles. The van der Waals surface area contributed by atoms with E-state index in [1.54, 1.807) is 0 Å². The smallest absolute Gasteiger partial charge is 0.0934 e. The summed E-state index contributed by atoms with van der Waals surface area (Å²) in [6.45, 7) is 6.28. The van der Waals surface area contributed by atoms with E-state index >= 15 is 0 Å². The van der Waals surface area contributed by atoms with Crippen molar-refractivity contribution in [3.05, 3.63) is 34.9 Å². The highest BCUT2D eigenvalue weighted by Gasteiger charge is 2.34. The Bertz CT molecular complexity index is 357. The molecule has 0 bridgehead atoms. The number of rotatable bonds is 0. The van der Waals surface area contributed by atoms with Gasteiger partial charge < -0.3 is 5.11 Å². The highest BCUT2D eigenvalue weighted by atomic mass is 32.2. The van der Waals surface area contributed by atoms with E-state index in [1.165, 1.54) is 11.1 Å². The first kappa shape index (κ1) is 10.1. The molecule has 76 valence electrons. The summed E-state index contributed by atoms with van der Waals surface area (Å²) >= 11 is 1.83. The normalized spacial score (nSPS) is 24.4. The second-order valence-electron chi connectivity index (χ2n) is 4.50. The SMILES string of the molecule is Cc1ccc2c(c1)C(O)C(C)(C)SC2. The first-order valence-corrected chi connectivity index (χ1v) is 5.91. The summed E-state index contributed by atoms with van der Waals surface area (Å²) < 4.78 is -0.0548. The Kier molecular flexibility index (Phi) is 2.36. The molecule has 1 nitrogen and oxygen atoms in total. The van der Waals surface area contributed by atoms with Gasteiger partial charge in [0, 0.05) is 10.5 Å². The van der Waals surface area contributed by atoms with Gasteiger partial charge in [0.1, 0.15) is 0 Å². The van der Waals surface area contributed by atoms with Crippen LogP contribution in [0.25, 0.3) is 0 Å². The zero-order chi connectivity index (χ0) is 10.3. The van der Waals surface area contributed by atoms with E-state index < -0.39 is 0 Å². The van der Waals surface area contributed by atoms with Gasteiger partial charge in [0.2, 0.25) is 0 Å². The molecule has 0 radical (unpaired) electrons. The number of aliphatic hydroxyl groups excluding tert-OH is 1. The fraction of sp³-hybridized carbons (Fsp3) is 0.500. The van der Waals surface area contributed by atoms with E-state index in [2.05, 4.69) is 39.0 Å². The van der Waals surface area contributed by atoms with Crippen molar-refractivity contribution in [1.82, 2.24) is 0 Å². The van der Waals surface area contributed by atoms with E-state index in [0.717, 1.165) is 11.3 Å². The van der Waals surface area contributed by atoms with Crippen molar-refractivity contribution in [2.45, 2.75) is 37.4 Å². The van der Waals surface area contributed by atoms with Gasteiger partial charge in [-0.3, -0.25) is 0 Å². The van der Waals surface area contributed by atoms with Crippen LogP contribution in [0.5, 0.6) is 0 Å². The molecule has 1 aromatic rings. The summed E-state index contributed by atoms with van der Waals surface area (Å²) in [6, 6.07) is 6.36. The first-order chi connectivity index (χ1) is 6.50. The van der Waals surface area contributed by atoms with Gasteiger partial charge in [-0.2, -0.15) is 0 Å². The van der Waals surface area contributed by atoms with Gasteiger partial charge in [-0.1, -0.05) is 23.8 Å². The van der Waals surface area contributed by atoms with Gasteiger partial charge in [-0.05, 0) is 31.9 Å². The van der Waals surface area contributed by atoms with Gasteiger partial charge in [0.25, 0.3) is 0 Å². The maximum atomic E-state index is 10.2. The molecule has 0 aromatic heterocycles. The molecule has 2 heteroatoms. The van der Waals surface area contributed by atoms with Crippen LogP contribution in [0.4, 0.5) is 0 Å². The van der Waals surface area contributed by atoms with Crippen LogP contribution in [0.3, 0.4) is 0 Å². The third-order valence-electron chi connectivity index (χ3n) is 2.85. The minimum atomic E-state index is -0.337. The summed E-state index contributed by atoms with van der Waals surface area (Å²) in [5.74, 6) is 1.01. The first-order valence-electron chi connectivity index (χ1n) is 4.92. The molecule has 2 rings (SSSR count). The molecule has 0 spiro atoms. The van der Waals surface area contributed by atoms with Crippen molar-refractivity contribution in [2.24, 2.45) is 0 Å². The van der Waals surface area contributed by atoms with Crippen molar-refractivity contribution in [1.29, 1.82) is 0 Å². The van der Waals surface area contributed by atoms with Crippen LogP contribution in [-0.4, -0.2) is 9.85 Å². The minimum absolute atomic E-state index is 0.0548. The van der Waals surface area contributed by atoms with Gasteiger partial charge >= 0.3 is 0 Å². The predicted molar refractivity (Wildman–Crippen MR) is 61.5 cm³/mol. The number of fused-ring (bicyclic) bond motifs is 1. The average Bonchev–Trinajstić information content (AvgIpc) is 2.13. The number of hydrogen-bond donors (Lipinski definition) is 1. The molecule has 1 aromatic carbocycles. The molecule has 1 N–H and O–H groups in total. The summed E-state index contributed by atoms with van der Waals surface area (Å²) in [5, 5.41) is 10.2. The second kappa shape index (κ2) is 3.28. The zero-order valence-corrected chi connectivity index (χ0v) is 9.69. The summed E-state index contributed by atoms with van der Waals surface area (Å²) in [6.07, 6.45) is -0.337. The predicted octanol–water partition coefficient (Wildman–Crippen LogP) is 3.05. The minimum Gasteiger partial charge on any atom is -0.387 e. The third kappa shape index (κ3) is 1.57. The monoisotopic (exact) mass is 208 g/mol. The highest BCUT2D eigenvalue weighted by molar-refractivity contribution is 7.99. The number of aryl methyl sites for hydroxylation is 1. The van der Waals surface area contributed by atoms with E-state index in [1.807, 2.05) is 11.8 Å². The van der Waals surface area contributed by atoms with Gasteiger partial charge in [-0.15, -0.1) is 11.8 Å². The van der Waals surface area contributed by atoms with Crippen LogP contribution in [0, 0.1) is 6.92 Å². The molecule has 1 aliphatic heterocycles. The molecule has 0 fully saturated rings. The summed E-state index contributed by atoms with van der Waals surface area (Å²) in [5.41, 5.74) is 3.63. The number of benzene rings is 1. The standard InChI is InChI=1S/C12H16OS/c1-8-4-5-9-7-14-12(2,3)11(13)10(9)6-8/h4-6,11,13H,7H2,1-3H3. The van der Waals surface area contributed by atoms with Crippen LogP contribution in [0.1, 0.15) is 36.6 Å². The fourth-order valence-corrected chi connectivity index (χ4v) is 2.89. The quantitative estimate of drug-likeness (QED) is 0.707. The number of thioether (sulfide) groups is 1. The molecule has 14 heavy (non-hydrogen) atoms. The second-order valence-corrected chi connectivity index (χ2v) is 6.13. The maximum Gasteiger partial charge on any atom is 0.0934 e. The zero-order valence-electron chi connectivity index (χ0n) is 8.87. The number of hydrogen-bond acceptors (Lipinski definition) is 2. The Morgan fingerprint density at radius 2 is 2.14 bits per heavy atom. The molecule has 0 aliphatic carbocycles. The molecule has 1 heterocycles. The van der Waals surface area contributed by atoms with Gasteiger partial charge in [0.05, 0.1) is 6.10 Å². The van der Waals surface area contributed by atoms with Crippen LogP contribution < -0.4 is 0 Å². The Morgan fingerprint density at radius 1 is 1.43 bits per heavy atom. The van der Waals surface area contributed by atoms with Crippen LogP contribution >= 0.6 is 11.8 Å². The Labute approximate surface area is 89.5 Å². The lowest BCUT2D eigenvalue weighted by Crippen LogP contribution is -2.29. The molecule has 1 atom stereocenters. The lowest BCUT2D eigenvalue weighted by atomic mass is 9.92. The average molecular weight is 208 g/mol. The molecule has 0 amide bonds. The van der Waals surface area contributed by atoms with E-state index in [4.69, 9.17) is 0 Å². The Balaban J connectivity index is 2.48. The van der Waals surface area contributed by atoms with E-state index in [0.29, 0.717) is 0 Å². The molecular formula is C12H16OS. The van der Waals surface area contributed by atoms with Crippen molar-refractivity contribution in [2.75, 3.05) is 0 Å². The fourth-order valence-electron chi connectivity index (χ4n) is 1.82. The van der Waals surface area contributed by atoms with Gasteiger partial charge in [0.15, 0.2) is 0 Å². The van der Waals surface area contributed by atoms with Gasteiger partial charge in [-0.25, -0.2) is 0 Å². The van der Waals surface area contributed by atoms with Crippen LogP contribution in [0.15, 0.2) is 18.2 Å². The van der Waals surface area contributed by atoms with Crippen molar-refractivity contribution >= 4 is 11.8 Å². The number of aliphatic hydroxyl groups is 1. The van der Waals surface area contributed by atoms with Crippen molar-refractivity contribution < 1.29 is 5.11 Å². The third-order valence-corrected chi connectivity index (χ3v) is 4.28. The maximum absolute atomic E-state index is 10.2. The van der Waals surface area contributed by atoms with Crippen LogP contribution in [0.2, 0.25) is 0 Å². The van der Waals surface area contributed by atoms with Crippen molar-refractivity contribution in [3.63, 3.8) is 0 Å². The Morgan fingerprint density at radius 3 is 2.86 bits per heavy atom. The highest BCUT2D eigenvalue weighted by Crippen LogP contribution is 2.45. The van der Waals surface area contributed by atoms with Crippen molar-refractivity contribution in [3.8, 4) is 0 Å². The van der Waals surface area contributed by atoms with Crippen LogP contribution in [-0.2, 0) is 5.75 Å².